The van der Waals surface area contributed by atoms with Crippen LogP contribution in [0.5, 0.6) is 0 Å². The van der Waals surface area contributed by atoms with E-state index in [1.165, 1.54) is 11.1 Å². The van der Waals surface area contributed by atoms with Gasteiger partial charge in [0.15, 0.2) is 5.78 Å². The Hall–Kier alpha value is -2.63. The molecule has 0 unspecified atom stereocenters. The van der Waals surface area contributed by atoms with Gasteiger partial charge in [0.05, 0.1) is 12.1 Å². The van der Waals surface area contributed by atoms with E-state index in [1.807, 2.05) is 0 Å². The van der Waals surface area contributed by atoms with Gasteiger partial charge in [-0.3, -0.25) is 14.4 Å². The maximum Gasteiger partial charge on any atom is 0.264 e. The number of nitrogens with zero attached hydrogens (tertiary/aromatic N) is 1. The molecule has 1 N–H and O–H groups in total. The first-order valence-corrected chi connectivity index (χ1v) is 9.75. The lowest BCUT2D eigenvalue weighted by Crippen LogP contribution is -2.41. The van der Waals surface area contributed by atoms with Crippen LogP contribution in [0.3, 0.4) is 0 Å². The zero-order chi connectivity index (χ0) is 21.3. The third-order valence-electron chi connectivity index (χ3n) is 4.59. The summed E-state index contributed by atoms with van der Waals surface area (Å²) in [6, 6.07) is 11.3. The minimum Gasteiger partial charge on any atom is -0.360 e. The van der Waals surface area contributed by atoms with Gasteiger partial charge in [-0.25, -0.2) is 0 Å². The lowest BCUT2D eigenvalue weighted by Gasteiger charge is -2.26. The SMILES string of the molecule is CC(C)(C)C(=O)CN(C(=O)c1c[nH]c2cc(Cl)ccc2c1=O)c1ccc(Cl)cc1. The highest BCUT2D eigenvalue weighted by molar-refractivity contribution is 6.31. The number of anilines is 1. The number of Topliss-reactive ketones (excluding diaryl/α,β-unsaturated/α-hetero) is 1. The number of carbonyl (C=O) groups is 2. The van der Waals surface area contributed by atoms with Crippen molar-refractivity contribution in [1.82, 2.24) is 4.98 Å². The number of hydrogen-bond donors (Lipinski definition) is 1. The van der Waals surface area contributed by atoms with Crippen LogP contribution in [0.4, 0.5) is 5.69 Å². The van der Waals surface area contributed by atoms with Crippen molar-refractivity contribution in [2.24, 2.45) is 5.41 Å². The molecule has 0 aliphatic heterocycles. The van der Waals surface area contributed by atoms with Crippen molar-refractivity contribution in [1.29, 1.82) is 0 Å². The van der Waals surface area contributed by atoms with Crippen molar-refractivity contribution in [2.75, 3.05) is 11.4 Å². The van der Waals surface area contributed by atoms with Gasteiger partial charge in [0.1, 0.15) is 5.56 Å². The molecular formula is C22H20Cl2N2O3. The number of nitrogens with one attached hydrogen (secondary N) is 1. The molecule has 0 radical (unpaired) electrons. The number of aromatic amines is 1. The molecule has 2 aromatic carbocycles. The van der Waals surface area contributed by atoms with Crippen LogP contribution in [0.2, 0.25) is 10.0 Å². The van der Waals surface area contributed by atoms with Crippen LogP contribution in [0, 0.1) is 5.41 Å². The highest BCUT2D eigenvalue weighted by Crippen LogP contribution is 2.23. The van der Waals surface area contributed by atoms with Crippen LogP contribution in [0.1, 0.15) is 31.1 Å². The summed E-state index contributed by atoms with van der Waals surface area (Å²) in [4.78, 5) is 43.2. The summed E-state index contributed by atoms with van der Waals surface area (Å²) in [5.74, 6) is -0.701. The molecule has 1 heterocycles. The van der Waals surface area contributed by atoms with E-state index in [2.05, 4.69) is 4.98 Å². The third kappa shape index (κ3) is 4.52. The van der Waals surface area contributed by atoms with Gasteiger partial charge >= 0.3 is 0 Å². The minimum absolute atomic E-state index is 0.0588. The lowest BCUT2D eigenvalue weighted by molar-refractivity contribution is -0.124. The second-order valence-electron chi connectivity index (χ2n) is 7.76. The van der Waals surface area contributed by atoms with Crippen LogP contribution >= 0.6 is 23.2 Å². The van der Waals surface area contributed by atoms with E-state index in [9.17, 15) is 14.4 Å². The predicted molar refractivity (Wildman–Crippen MR) is 117 cm³/mol. The van der Waals surface area contributed by atoms with Crippen LogP contribution < -0.4 is 10.3 Å². The monoisotopic (exact) mass is 430 g/mol. The summed E-state index contributed by atoms with van der Waals surface area (Å²) in [7, 11) is 0. The van der Waals surface area contributed by atoms with Gasteiger partial charge in [-0.2, -0.15) is 0 Å². The summed E-state index contributed by atoms with van der Waals surface area (Å²) >= 11 is 11.9. The van der Waals surface area contributed by atoms with Crippen molar-refractivity contribution in [3.63, 3.8) is 0 Å². The highest BCUT2D eigenvalue weighted by Gasteiger charge is 2.28. The zero-order valence-electron chi connectivity index (χ0n) is 16.3. The van der Waals surface area contributed by atoms with Gasteiger partial charge in [0, 0.05) is 32.7 Å². The maximum absolute atomic E-state index is 13.3. The number of halogens is 2. The molecule has 150 valence electrons. The Balaban J connectivity index is 2.09. The van der Waals surface area contributed by atoms with E-state index in [1.54, 1.807) is 63.2 Å². The van der Waals surface area contributed by atoms with Crippen molar-refractivity contribution in [3.05, 3.63) is 74.5 Å². The van der Waals surface area contributed by atoms with Crippen molar-refractivity contribution in [3.8, 4) is 0 Å². The van der Waals surface area contributed by atoms with Crippen molar-refractivity contribution in [2.45, 2.75) is 20.8 Å². The fraction of sp³-hybridized carbons (Fsp3) is 0.227. The molecule has 0 atom stereocenters. The Morgan fingerprint density at radius 2 is 1.62 bits per heavy atom. The first-order valence-electron chi connectivity index (χ1n) is 8.99. The Bertz CT molecular complexity index is 1150. The van der Waals surface area contributed by atoms with Gasteiger partial charge in [-0.15, -0.1) is 0 Å². The van der Waals surface area contributed by atoms with Gasteiger partial charge < -0.3 is 9.88 Å². The first kappa shape index (κ1) is 21.1. The molecule has 29 heavy (non-hydrogen) atoms. The van der Waals surface area contributed by atoms with E-state index < -0.39 is 16.8 Å². The number of ketones is 1. The number of pyridine rings is 1. The predicted octanol–water partition coefficient (Wildman–Crippen LogP) is 5.10. The molecule has 0 aliphatic carbocycles. The van der Waals surface area contributed by atoms with Crippen molar-refractivity contribution >= 4 is 51.5 Å². The normalized spacial score (nSPS) is 11.5. The number of amides is 1. The fourth-order valence-electron chi connectivity index (χ4n) is 2.78. The number of carbonyl (C=O) groups excluding carboxylic acids is 2. The van der Waals surface area contributed by atoms with Gasteiger partial charge in [-0.1, -0.05) is 44.0 Å². The largest absolute Gasteiger partial charge is 0.360 e. The summed E-state index contributed by atoms with van der Waals surface area (Å²) < 4.78 is 0. The van der Waals surface area contributed by atoms with Crippen LogP contribution in [-0.4, -0.2) is 23.2 Å². The average molecular weight is 431 g/mol. The smallest absolute Gasteiger partial charge is 0.264 e. The Labute approximate surface area is 178 Å². The molecule has 3 aromatic rings. The summed E-state index contributed by atoms with van der Waals surface area (Å²) in [5, 5.41) is 1.33. The molecule has 7 heteroatoms. The van der Waals surface area contributed by atoms with E-state index >= 15 is 0 Å². The summed E-state index contributed by atoms with van der Waals surface area (Å²) in [5.41, 5.74) is -0.119. The molecular weight excluding hydrogens is 411 g/mol. The third-order valence-corrected chi connectivity index (χ3v) is 5.08. The van der Waals surface area contributed by atoms with E-state index in [0.717, 1.165) is 0 Å². The van der Waals surface area contributed by atoms with Crippen LogP contribution in [0.15, 0.2) is 53.5 Å². The number of rotatable bonds is 4. The standard InChI is InChI=1S/C22H20Cl2N2O3/c1-22(2,3)19(27)12-26(15-7-4-13(23)5-8-15)21(29)17-11-25-18-10-14(24)6-9-16(18)20(17)28/h4-11H,12H2,1-3H3,(H,25,28). The van der Waals surface area contributed by atoms with E-state index in [-0.39, 0.29) is 17.9 Å². The molecule has 0 bridgehead atoms. The van der Waals surface area contributed by atoms with E-state index in [4.69, 9.17) is 23.2 Å². The number of H-pyrrole nitrogens is 1. The molecule has 0 spiro atoms. The molecule has 1 amide bonds. The first-order chi connectivity index (χ1) is 13.6. The van der Waals surface area contributed by atoms with Gasteiger partial charge in [0.2, 0.25) is 5.43 Å². The van der Waals surface area contributed by atoms with Gasteiger partial charge in [-0.05, 0) is 42.5 Å². The highest BCUT2D eigenvalue weighted by atomic mass is 35.5. The Morgan fingerprint density at radius 3 is 2.24 bits per heavy atom. The zero-order valence-corrected chi connectivity index (χ0v) is 17.8. The number of benzene rings is 2. The molecule has 0 fully saturated rings. The fourth-order valence-corrected chi connectivity index (χ4v) is 3.08. The van der Waals surface area contributed by atoms with E-state index in [0.29, 0.717) is 26.6 Å². The molecule has 5 nitrogen and oxygen atoms in total. The summed E-state index contributed by atoms with van der Waals surface area (Å²) in [6.45, 7) is 5.19. The summed E-state index contributed by atoms with van der Waals surface area (Å²) in [6.07, 6.45) is 1.35. The molecule has 0 saturated heterocycles. The molecule has 1 aromatic heterocycles. The number of aromatic nitrogens is 1. The minimum atomic E-state index is -0.641. The quantitative estimate of drug-likeness (QED) is 0.625. The molecule has 0 aliphatic rings. The average Bonchev–Trinajstić information content (AvgIpc) is 2.65. The second-order valence-corrected chi connectivity index (χ2v) is 8.64. The Kier molecular flexibility index (Phi) is 5.82. The van der Waals surface area contributed by atoms with Crippen molar-refractivity contribution < 1.29 is 9.59 Å². The molecule has 0 saturated carbocycles. The topological polar surface area (TPSA) is 70.2 Å². The molecule has 3 rings (SSSR count). The van der Waals surface area contributed by atoms with Gasteiger partial charge in [0.25, 0.3) is 5.91 Å². The Morgan fingerprint density at radius 1 is 1.00 bits per heavy atom. The van der Waals surface area contributed by atoms with Crippen LogP contribution in [-0.2, 0) is 4.79 Å². The maximum atomic E-state index is 13.3. The van der Waals surface area contributed by atoms with Crippen LogP contribution in [0.25, 0.3) is 10.9 Å². The second kappa shape index (κ2) is 8.01. The lowest BCUT2D eigenvalue weighted by atomic mass is 9.90. The number of fused-ring (bicyclic) bond motifs is 1. The number of hydrogen-bond acceptors (Lipinski definition) is 3.